The number of ether oxygens (including phenoxy) is 1. The molecule has 0 spiro atoms. The first-order chi connectivity index (χ1) is 12.1. The maximum Gasteiger partial charge on any atom is 0.237 e. The van der Waals surface area contributed by atoms with Gasteiger partial charge in [-0.3, -0.25) is 9.69 Å². The van der Waals surface area contributed by atoms with Gasteiger partial charge in [0.15, 0.2) is 0 Å². The Kier molecular flexibility index (Phi) is 7.92. The van der Waals surface area contributed by atoms with Gasteiger partial charge in [-0.15, -0.1) is 0 Å². The molecule has 0 radical (unpaired) electrons. The minimum absolute atomic E-state index is 0.0423. The summed E-state index contributed by atoms with van der Waals surface area (Å²) in [7, 11) is 1.90. The molecule has 0 heterocycles. The van der Waals surface area contributed by atoms with Crippen LogP contribution in [0, 0.1) is 5.82 Å². The average molecular weight is 348 g/mol. The lowest BCUT2D eigenvalue weighted by Gasteiger charge is -2.24. The maximum atomic E-state index is 12.8. The summed E-state index contributed by atoms with van der Waals surface area (Å²) in [6.45, 7) is 3.67. The molecule has 1 unspecified atom stereocenters. The van der Waals surface area contributed by atoms with E-state index in [1.54, 1.807) is 12.1 Å². The molecule has 0 saturated carbocycles. The molecule has 0 saturated heterocycles. The summed E-state index contributed by atoms with van der Waals surface area (Å²) in [6, 6.07) is 5.74. The molecule has 0 aromatic heterocycles. The lowest BCUT2D eigenvalue weighted by atomic mass is 9.97. The second kappa shape index (κ2) is 10.2. The van der Waals surface area contributed by atoms with E-state index in [2.05, 4.69) is 11.4 Å². The number of nitrogens with one attached hydrogen (secondary N) is 1. The van der Waals surface area contributed by atoms with E-state index < -0.39 is 0 Å². The molecule has 1 amide bonds. The molecule has 0 bridgehead atoms. The molecular weight excluding hydrogens is 319 g/mol. The third kappa shape index (κ3) is 6.86. The third-order valence-electron chi connectivity index (χ3n) is 4.70. The molecular formula is C20H29FN2O2. The summed E-state index contributed by atoms with van der Waals surface area (Å²) in [6.07, 6.45) is 8.18. The van der Waals surface area contributed by atoms with Crippen molar-refractivity contribution < 1.29 is 13.9 Å². The van der Waals surface area contributed by atoms with Crippen molar-refractivity contribution >= 4 is 5.91 Å². The Hall–Kier alpha value is -1.88. The first kappa shape index (κ1) is 19.4. The van der Waals surface area contributed by atoms with Gasteiger partial charge >= 0.3 is 0 Å². The van der Waals surface area contributed by atoms with Crippen molar-refractivity contribution in [3.8, 4) is 5.75 Å². The van der Waals surface area contributed by atoms with Crippen LogP contribution in [0.5, 0.6) is 5.75 Å². The standard InChI is InChI=1S/C20H29FN2O2/c1-16(20(24)22-13-12-17-6-4-3-5-7-17)23(2)14-15-25-19-10-8-18(21)9-11-19/h6,8-11,16H,3-5,7,12-15H2,1-2H3,(H,22,24). The third-order valence-corrected chi connectivity index (χ3v) is 4.70. The second-order valence-corrected chi connectivity index (χ2v) is 6.61. The first-order valence-corrected chi connectivity index (χ1v) is 9.10. The number of halogens is 1. The van der Waals surface area contributed by atoms with Gasteiger partial charge in [0, 0.05) is 13.1 Å². The molecule has 5 heteroatoms. The largest absolute Gasteiger partial charge is 0.492 e. The van der Waals surface area contributed by atoms with Gasteiger partial charge in [-0.05, 0) is 70.3 Å². The highest BCUT2D eigenvalue weighted by molar-refractivity contribution is 5.81. The molecule has 1 atom stereocenters. The minimum Gasteiger partial charge on any atom is -0.492 e. The van der Waals surface area contributed by atoms with Crippen LogP contribution in [0.25, 0.3) is 0 Å². The van der Waals surface area contributed by atoms with Crippen LogP contribution in [0.3, 0.4) is 0 Å². The van der Waals surface area contributed by atoms with Gasteiger partial charge in [0.05, 0.1) is 6.04 Å². The summed E-state index contributed by atoms with van der Waals surface area (Å²) in [4.78, 5) is 14.2. The molecule has 4 nitrogen and oxygen atoms in total. The number of hydrogen-bond acceptors (Lipinski definition) is 3. The summed E-state index contributed by atoms with van der Waals surface area (Å²) in [5.41, 5.74) is 1.47. The smallest absolute Gasteiger partial charge is 0.237 e. The lowest BCUT2D eigenvalue weighted by Crippen LogP contribution is -2.44. The van der Waals surface area contributed by atoms with E-state index in [-0.39, 0.29) is 17.8 Å². The predicted octanol–water partition coefficient (Wildman–Crippen LogP) is 3.53. The van der Waals surface area contributed by atoms with Crippen LogP contribution in [0.4, 0.5) is 4.39 Å². The molecule has 1 aromatic rings. The summed E-state index contributed by atoms with van der Waals surface area (Å²) < 4.78 is 18.4. The Morgan fingerprint density at radius 3 is 2.76 bits per heavy atom. The average Bonchev–Trinajstić information content (AvgIpc) is 2.63. The van der Waals surface area contributed by atoms with Gasteiger partial charge in [0.25, 0.3) is 0 Å². The molecule has 1 aliphatic rings. The van der Waals surface area contributed by atoms with Crippen LogP contribution in [0.2, 0.25) is 0 Å². The Bertz CT molecular complexity index is 572. The normalized spacial score (nSPS) is 15.6. The van der Waals surface area contributed by atoms with Crippen LogP contribution in [0.15, 0.2) is 35.9 Å². The van der Waals surface area contributed by atoms with Crippen molar-refractivity contribution in [2.45, 2.75) is 45.1 Å². The number of carbonyl (C=O) groups is 1. The monoisotopic (exact) mass is 348 g/mol. The van der Waals surface area contributed by atoms with E-state index in [4.69, 9.17) is 4.74 Å². The molecule has 138 valence electrons. The minimum atomic E-state index is -0.279. The first-order valence-electron chi connectivity index (χ1n) is 9.10. The molecule has 1 aromatic carbocycles. The summed E-state index contributed by atoms with van der Waals surface area (Å²) in [5, 5.41) is 3.02. The van der Waals surface area contributed by atoms with Crippen molar-refractivity contribution in [3.05, 3.63) is 41.7 Å². The molecule has 1 N–H and O–H groups in total. The van der Waals surface area contributed by atoms with E-state index in [1.165, 1.54) is 43.4 Å². The van der Waals surface area contributed by atoms with Gasteiger partial charge < -0.3 is 10.1 Å². The number of allylic oxidation sites excluding steroid dienone is 1. The summed E-state index contributed by atoms with van der Waals surface area (Å²) >= 11 is 0. The predicted molar refractivity (Wildman–Crippen MR) is 98.2 cm³/mol. The van der Waals surface area contributed by atoms with Gasteiger partial charge in [-0.2, -0.15) is 0 Å². The van der Waals surface area contributed by atoms with Gasteiger partial charge in [-0.1, -0.05) is 11.6 Å². The van der Waals surface area contributed by atoms with Crippen molar-refractivity contribution in [3.63, 3.8) is 0 Å². The summed E-state index contributed by atoms with van der Waals surface area (Å²) in [5.74, 6) is 0.395. The van der Waals surface area contributed by atoms with Gasteiger partial charge in [0.2, 0.25) is 5.91 Å². The molecule has 0 fully saturated rings. The van der Waals surface area contributed by atoms with Crippen LogP contribution in [-0.4, -0.2) is 43.6 Å². The molecule has 1 aliphatic carbocycles. The maximum absolute atomic E-state index is 12.8. The Morgan fingerprint density at radius 1 is 1.32 bits per heavy atom. The fraction of sp³-hybridized carbons (Fsp3) is 0.550. The van der Waals surface area contributed by atoms with E-state index in [0.717, 1.165) is 6.42 Å². The highest BCUT2D eigenvalue weighted by atomic mass is 19.1. The number of likely N-dealkylation sites (N-methyl/N-ethyl adjacent to an activating group) is 1. The van der Waals surface area contributed by atoms with Gasteiger partial charge in [0.1, 0.15) is 18.2 Å². The molecule has 0 aliphatic heterocycles. The van der Waals surface area contributed by atoms with E-state index in [0.29, 0.717) is 25.4 Å². The lowest BCUT2D eigenvalue weighted by molar-refractivity contribution is -0.125. The second-order valence-electron chi connectivity index (χ2n) is 6.61. The Balaban J connectivity index is 1.64. The number of amides is 1. The van der Waals surface area contributed by atoms with E-state index in [9.17, 15) is 9.18 Å². The molecule has 25 heavy (non-hydrogen) atoms. The fourth-order valence-electron chi connectivity index (χ4n) is 2.86. The van der Waals surface area contributed by atoms with Crippen LogP contribution in [0.1, 0.15) is 39.0 Å². The number of carbonyl (C=O) groups excluding carboxylic acids is 1. The van der Waals surface area contributed by atoms with E-state index in [1.807, 2.05) is 18.9 Å². The molecule has 2 rings (SSSR count). The van der Waals surface area contributed by atoms with Crippen molar-refractivity contribution in [2.24, 2.45) is 0 Å². The number of rotatable bonds is 9. The van der Waals surface area contributed by atoms with Crippen LogP contribution in [-0.2, 0) is 4.79 Å². The zero-order valence-electron chi connectivity index (χ0n) is 15.3. The highest BCUT2D eigenvalue weighted by Crippen LogP contribution is 2.19. The zero-order valence-corrected chi connectivity index (χ0v) is 15.3. The number of nitrogens with zero attached hydrogens (tertiary/aromatic N) is 1. The topological polar surface area (TPSA) is 41.6 Å². The Labute approximate surface area is 150 Å². The number of hydrogen-bond donors (Lipinski definition) is 1. The van der Waals surface area contributed by atoms with Crippen molar-refractivity contribution in [2.75, 3.05) is 26.7 Å². The zero-order chi connectivity index (χ0) is 18.1. The van der Waals surface area contributed by atoms with Gasteiger partial charge in [-0.25, -0.2) is 4.39 Å². The quantitative estimate of drug-likeness (QED) is 0.694. The van der Waals surface area contributed by atoms with Crippen LogP contribution < -0.4 is 10.1 Å². The number of benzene rings is 1. The fourth-order valence-corrected chi connectivity index (χ4v) is 2.86. The van der Waals surface area contributed by atoms with Crippen LogP contribution >= 0.6 is 0 Å². The SMILES string of the molecule is CC(C(=O)NCCC1=CCCCC1)N(C)CCOc1ccc(F)cc1. The van der Waals surface area contributed by atoms with Crippen molar-refractivity contribution in [1.82, 2.24) is 10.2 Å². The Morgan fingerprint density at radius 2 is 2.08 bits per heavy atom. The highest BCUT2D eigenvalue weighted by Gasteiger charge is 2.17. The van der Waals surface area contributed by atoms with E-state index >= 15 is 0 Å². The van der Waals surface area contributed by atoms with Crippen molar-refractivity contribution in [1.29, 1.82) is 0 Å².